The van der Waals surface area contributed by atoms with Gasteiger partial charge in [-0.25, -0.2) is 25.0 Å². The van der Waals surface area contributed by atoms with E-state index in [1.165, 1.54) is 37.4 Å². The zero-order valence-corrected chi connectivity index (χ0v) is 63.8. The van der Waals surface area contributed by atoms with E-state index in [0.29, 0.717) is 62.2 Å². The summed E-state index contributed by atoms with van der Waals surface area (Å²) in [6.45, 7) is 0.920. The number of aliphatic carboxylic acids is 4. The van der Waals surface area contributed by atoms with Crippen LogP contribution in [0.4, 0.5) is 28.7 Å². The summed E-state index contributed by atoms with van der Waals surface area (Å²) in [6.07, 6.45) is -3.85. The van der Waals surface area contributed by atoms with Crippen molar-refractivity contribution in [2.24, 2.45) is 10.8 Å². The van der Waals surface area contributed by atoms with Crippen molar-refractivity contribution in [3.05, 3.63) is 148 Å². The Kier molecular flexibility index (Phi) is 28.5. The average Bonchev–Trinajstić information content (AvgIpc) is 1.59. The number of rotatable bonds is 39. The highest BCUT2D eigenvalue weighted by Crippen LogP contribution is 2.46. The van der Waals surface area contributed by atoms with Crippen molar-refractivity contribution in [2.75, 3.05) is 52.1 Å². The minimum Gasteiger partial charge on any atom is -0.507 e. The van der Waals surface area contributed by atoms with Crippen molar-refractivity contribution < 1.29 is 92.7 Å². The molecule has 42 nitrogen and oxygen atoms in total. The lowest BCUT2D eigenvalue weighted by Crippen LogP contribution is -2.59. The van der Waals surface area contributed by atoms with Crippen LogP contribution in [0.1, 0.15) is 120 Å². The molecule has 1 aliphatic rings. The fraction of sp³-hybridized carbons (Fsp3) is 0.289. The predicted molar refractivity (Wildman–Crippen MR) is 430 cm³/mol. The molecule has 1 unspecified atom stereocenters. The van der Waals surface area contributed by atoms with E-state index >= 15 is 0 Å². The van der Waals surface area contributed by atoms with Crippen LogP contribution < -0.4 is 80.5 Å². The molecule has 9 aromatic rings. The number of amides is 10. The van der Waals surface area contributed by atoms with Crippen LogP contribution in [0, 0.1) is 5.41 Å². The summed E-state index contributed by atoms with van der Waals surface area (Å²) in [5.41, 5.74) is 17.5. The number of aromatic hydroxyl groups is 1. The second-order valence-electron chi connectivity index (χ2n) is 27.4. The van der Waals surface area contributed by atoms with Crippen molar-refractivity contribution in [3.63, 3.8) is 0 Å². The fourth-order valence-corrected chi connectivity index (χ4v) is 12.9. The van der Waals surface area contributed by atoms with Crippen molar-refractivity contribution in [3.8, 4) is 5.75 Å². The monoisotopic (exact) mass is 1660 g/mol. The van der Waals surface area contributed by atoms with Gasteiger partial charge in [-0.05, 0) is 116 Å². The number of carboxylic acids is 4. The lowest BCUT2D eigenvalue weighted by molar-refractivity contribution is -0.143. The Hall–Kier alpha value is -15.1. The number of phenols is 1. The first kappa shape index (κ1) is 86.3. The average molecular weight is 1660 g/mol. The molecule has 0 aliphatic carbocycles. The highest BCUT2D eigenvalue weighted by molar-refractivity contribution is 6.19. The largest absolute Gasteiger partial charge is 0.507 e. The first-order valence-electron chi connectivity index (χ1n) is 36.7. The van der Waals surface area contributed by atoms with Gasteiger partial charge in [-0.2, -0.15) is 10.1 Å². The van der Waals surface area contributed by atoms with Crippen molar-refractivity contribution in [2.45, 2.75) is 114 Å². The van der Waals surface area contributed by atoms with Crippen molar-refractivity contribution in [1.29, 1.82) is 5.41 Å². The van der Waals surface area contributed by atoms with Gasteiger partial charge in [0, 0.05) is 119 Å². The summed E-state index contributed by atoms with van der Waals surface area (Å²) in [7, 11) is 0. The zero-order chi connectivity index (χ0) is 85.9. The first-order valence-corrected chi connectivity index (χ1v) is 37.2. The van der Waals surface area contributed by atoms with Crippen LogP contribution in [0.5, 0.6) is 5.75 Å². The zero-order valence-electron chi connectivity index (χ0n) is 63.1. The van der Waals surface area contributed by atoms with Gasteiger partial charge in [0.15, 0.2) is 17.1 Å². The molecule has 24 N–H and O–H groups in total. The van der Waals surface area contributed by atoms with Gasteiger partial charge in [-0.1, -0.05) is 24.3 Å². The van der Waals surface area contributed by atoms with Crippen LogP contribution in [0.2, 0.25) is 0 Å². The van der Waals surface area contributed by atoms with Crippen LogP contribution in [-0.4, -0.2) is 206 Å². The number of halogens is 1. The van der Waals surface area contributed by atoms with Gasteiger partial charge in [0.05, 0.1) is 37.0 Å². The molecule has 622 valence electrons. The number of alkyl halides is 1. The first-order chi connectivity index (χ1) is 56.7. The van der Waals surface area contributed by atoms with Gasteiger partial charge in [-0.3, -0.25) is 72.7 Å². The Morgan fingerprint density at radius 1 is 0.622 bits per heavy atom. The molecule has 0 bridgehead atoms. The maximum Gasteiger partial charge on any atom is 0.328 e. The minimum absolute atomic E-state index is 0.0128. The highest BCUT2D eigenvalue weighted by atomic mass is 35.5. The number of aromatic amines is 3. The molecule has 10 amide bonds. The van der Waals surface area contributed by atoms with Gasteiger partial charge in [-0.15, -0.1) is 11.6 Å². The van der Waals surface area contributed by atoms with E-state index in [1.54, 1.807) is 59.5 Å². The molecule has 5 aromatic carbocycles. The summed E-state index contributed by atoms with van der Waals surface area (Å²) in [5, 5.41) is 88.6. The van der Waals surface area contributed by atoms with Gasteiger partial charge in [0.1, 0.15) is 47.3 Å². The number of hydrazone groups is 1. The van der Waals surface area contributed by atoms with Crippen LogP contribution in [0.15, 0.2) is 119 Å². The number of hydrogen-bond donors (Lipinski definition) is 22. The van der Waals surface area contributed by atoms with Gasteiger partial charge < -0.3 is 105 Å². The third-order valence-corrected chi connectivity index (χ3v) is 19.0. The third-order valence-electron chi connectivity index (χ3n) is 18.6. The number of carbonyl (C=O) groups is 14. The molecule has 4 aromatic heterocycles. The molecule has 6 atom stereocenters. The number of nitrogen functional groups attached to an aromatic ring is 1. The Morgan fingerprint density at radius 2 is 1.22 bits per heavy atom. The third kappa shape index (κ3) is 23.3. The van der Waals surface area contributed by atoms with E-state index in [4.69, 9.17) is 28.5 Å². The predicted octanol–water partition coefficient (Wildman–Crippen LogP) is 1.97. The number of fused-ring (bicyclic) bond motifs is 6. The minimum atomic E-state index is -2.09. The number of hydrogen-bond acceptors (Lipinski definition) is 23. The highest BCUT2D eigenvalue weighted by Gasteiger charge is 2.37. The maximum atomic E-state index is 14.1. The van der Waals surface area contributed by atoms with Crippen molar-refractivity contribution in [1.82, 2.24) is 72.5 Å². The fourth-order valence-electron chi connectivity index (χ4n) is 12.7. The number of benzene rings is 5. The van der Waals surface area contributed by atoms with Gasteiger partial charge >= 0.3 is 23.9 Å². The summed E-state index contributed by atoms with van der Waals surface area (Å²) >= 11 is 6.41. The molecule has 43 heteroatoms. The molecule has 0 radical (unpaired) electrons. The number of anilines is 5. The maximum absolute atomic E-state index is 14.1. The number of carbonyl (C=O) groups excluding carboxylic acids is 10. The number of carboxylic acid groups (broad SMARTS) is 4. The Labute approximate surface area is 676 Å². The van der Waals surface area contributed by atoms with E-state index in [0.717, 1.165) is 10.9 Å². The van der Waals surface area contributed by atoms with Gasteiger partial charge in [0.2, 0.25) is 47.3 Å². The number of nitrogens with one attached hydrogen (secondary N) is 15. The number of aromatic nitrogens is 6. The van der Waals surface area contributed by atoms with Crippen LogP contribution >= 0.6 is 11.6 Å². The van der Waals surface area contributed by atoms with Crippen LogP contribution in [-0.2, 0) is 59.3 Å². The lowest BCUT2D eigenvalue weighted by Gasteiger charge is -2.25. The van der Waals surface area contributed by atoms with E-state index in [9.17, 15) is 97.5 Å². The summed E-state index contributed by atoms with van der Waals surface area (Å²) in [6, 6.07) is 18.3. The molecular formula is C76H81ClN22O20. The molecule has 10 rings (SSSR count). The smallest absolute Gasteiger partial charge is 0.328 e. The molecular weight excluding hydrogens is 1580 g/mol. The van der Waals surface area contributed by atoms with E-state index in [1.807, 2.05) is 29.6 Å². The van der Waals surface area contributed by atoms with Gasteiger partial charge in [0.25, 0.3) is 23.3 Å². The molecule has 1 aliphatic heterocycles. The lowest BCUT2D eigenvalue weighted by atomic mass is 9.95. The normalized spacial score (nSPS) is 13.6. The molecule has 5 heterocycles. The standard InChI is InChI=1S/C76H81ClN22O20/c1-35(97-98-60(104)21-20-58(102)85-41-13-15-46-37(23-41)25-50(88-46)68(111)87-42-14-16-47-38(24-42)26-53(89-47)72(115)99-34-39(30-77)63-45-6-3-2-5-44(45)56(100)29-55(63)99)8-18-57(101)83-33-54(74(118)119)94-70(113)52(28-62(107)108)93-67(110)48(7-4-22-81-75(78)79)91-69(112)51(27-61(105)106)90-59(103)19-17-49(73(116)117)92-66(109)36-9-11-40(12-10-36)82-31-43-32-84-65-64(86-43)71(114)96-76(80)95-65/h2-3,5-6,9-16,23-26,29,32,39,48-49,51-52,54,82,88-89,100H,4,7-8,17-22,27-28,30-31,33-34H2,1H3,(H,83,101)(H,85,102)(H,87,111)(H,90,103)(H,91,112)(H,92,109)(H,93,110)(H,94,113)(H,98,104)(H,105,106)(H,107,108)(H,116,117)(H,118,119)(H4,78,79,81)(H3,80,84,95,96,114)/b97-35+/t39?,48-,49-,51-,52-,54-/m0/s1. The number of phenolic OH excluding ortho intramolecular Hbond substituents is 1. The van der Waals surface area contributed by atoms with Crippen LogP contribution in [0.3, 0.4) is 0 Å². The summed E-state index contributed by atoms with van der Waals surface area (Å²) < 4.78 is 0. The second-order valence-corrected chi connectivity index (χ2v) is 27.7. The summed E-state index contributed by atoms with van der Waals surface area (Å²) in [4.78, 5) is 218. The molecule has 0 saturated carbocycles. The second kappa shape index (κ2) is 39.3. The molecule has 0 saturated heterocycles. The van der Waals surface area contributed by atoms with Crippen molar-refractivity contribution >= 4 is 179 Å². The molecule has 0 fully saturated rings. The molecule has 0 spiro atoms. The topological polar surface area (TPSA) is 667 Å². The van der Waals surface area contributed by atoms with E-state index in [2.05, 4.69) is 88.3 Å². The Bertz CT molecular complexity index is 5600. The molecule has 119 heavy (non-hydrogen) atoms. The summed E-state index contributed by atoms with van der Waals surface area (Å²) in [5.74, 6) is -16.0. The van der Waals surface area contributed by atoms with E-state index < -0.39 is 157 Å². The Morgan fingerprint density at radius 3 is 1.87 bits per heavy atom. The Balaban J connectivity index is 0.648. The number of guanidine groups is 1. The van der Waals surface area contributed by atoms with E-state index in [-0.39, 0.29) is 108 Å². The quantitative estimate of drug-likeness (QED) is 0.00861. The number of nitrogens with two attached hydrogens (primary N) is 2. The van der Waals surface area contributed by atoms with Crippen LogP contribution in [0.25, 0.3) is 43.7 Å². The SMILES string of the molecule is C/C(CCC(=O)NC[C@H](NC(=O)[C@H](CC(=O)O)NC(=O)[C@H](CCCNC(=N)N)NC(=O)[C@H](CC(=O)O)NC(=O)CC[C@H](NC(=O)c1ccc(NCc2cnc3nc(N)[nH]c(=O)c3n2)cc1)C(=O)O)C(=O)O)=N\NC(=O)CCC(=O)Nc1ccc2[nH]c(C(=O)Nc3ccc4[nH]c(C(=O)N5CC(CCl)c6c5cc(O)c5ccccc65)cc4c3)cc2c1. The number of H-pyrrole nitrogens is 3. The number of nitrogens with zero attached hydrogens (tertiary/aromatic N) is 5.